The quantitative estimate of drug-likeness (QED) is 0.646. The van der Waals surface area contributed by atoms with E-state index in [1.54, 1.807) is 11.7 Å². The van der Waals surface area contributed by atoms with E-state index in [-0.39, 0.29) is 17.9 Å². The summed E-state index contributed by atoms with van der Waals surface area (Å²) in [6, 6.07) is 9.47. The van der Waals surface area contributed by atoms with Crippen LogP contribution in [0.3, 0.4) is 0 Å². The van der Waals surface area contributed by atoms with Crippen molar-refractivity contribution in [3.63, 3.8) is 0 Å². The van der Waals surface area contributed by atoms with Crippen molar-refractivity contribution in [1.29, 1.82) is 0 Å². The first kappa shape index (κ1) is 19.4. The summed E-state index contributed by atoms with van der Waals surface area (Å²) in [6.45, 7) is 2.48. The Bertz CT molecular complexity index is 1070. The van der Waals surface area contributed by atoms with Crippen LogP contribution in [-0.4, -0.2) is 35.7 Å². The van der Waals surface area contributed by atoms with E-state index in [9.17, 15) is 9.59 Å². The van der Waals surface area contributed by atoms with Crippen LogP contribution < -0.4 is 20.5 Å². The molecule has 29 heavy (non-hydrogen) atoms. The van der Waals surface area contributed by atoms with E-state index in [4.69, 9.17) is 9.72 Å². The van der Waals surface area contributed by atoms with Crippen molar-refractivity contribution in [2.24, 2.45) is 0 Å². The van der Waals surface area contributed by atoms with Crippen LogP contribution >= 0.6 is 11.3 Å². The number of amides is 1. The van der Waals surface area contributed by atoms with Gasteiger partial charge in [-0.1, -0.05) is 18.2 Å². The lowest BCUT2D eigenvalue weighted by Crippen LogP contribution is -2.32. The summed E-state index contributed by atoms with van der Waals surface area (Å²) in [5, 5.41) is 4.80. The molecule has 0 saturated carbocycles. The van der Waals surface area contributed by atoms with Crippen molar-refractivity contribution in [2.75, 3.05) is 25.1 Å². The van der Waals surface area contributed by atoms with Crippen LogP contribution in [0.25, 0.3) is 10.2 Å². The molecule has 0 spiro atoms. The highest BCUT2D eigenvalue weighted by molar-refractivity contribution is 7.17. The topological polar surface area (TPSA) is 76.5 Å². The van der Waals surface area contributed by atoms with Crippen LogP contribution in [-0.2, 0) is 17.9 Å². The third-order valence-corrected chi connectivity index (χ3v) is 6.06. The molecule has 0 unspecified atom stereocenters. The van der Waals surface area contributed by atoms with Crippen molar-refractivity contribution in [3.05, 3.63) is 51.6 Å². The molecule has 3 aromatic rings. The number of para-hydroxylation sites is 1. The second kappa shape index (κ2) is 8.65. The molecule has 2 aromatic heterocycles. The number of nitrogens with one attached hydrogen (secondary N) is 1. The summed E-state index contributed by atoms with van der Waals surface area (Å²) in [6.07, 6.45) is 2.41. The predicted molar refractivity (Wildman–Crippen MR) is 115 cm³/mol. The van der Waals surface area contributed by atoms with Gasteiger partial charge in [0, 0.05) is 38.2 Å². The molecule has 1 aliphatic heterocycles. The average molecular weight is 413 g/mol. The van der Waals surface area contributed by atoms with E-state index in [1.807, 2.05) is 35.7 Å². The van der Waals surface area contributed by atoms with Crippen molar-refractivity contribution >= 4 is 33.4 Å². The molecule has 1 fully saturated rings. The van der Waals surface area contributed by atoms with Gasteiger partial charge in [-0.05, 0) is 30.4 Å². The largest absolute Gasteiger partial charge is 0.496 e. The number of aromatic nitrogens is 2. The molecule has 1 amide bonds. The molecule has 1 saturated heterocycles. The molecule has 8 heteroatoms. The molecular formula is C21H24N4O3S. The number of carbonyl (C=O) groups excluding carboxylic acids is 1. The van der Waals surface area contributed by atoms with Crippen LogP contribution in [0.5, 0.6) is 5.75 Å². The Kier molecular flexibility index (Phi) is 5.80. The molecule has 152 valence electrons. The lowest BCUT2D eigenvalue weighted by atomic mass is 10.2. The summed E-state index contributed by atoms with van der Waals surface area (Å²) in [5.41, 5.74) is 1.59. The number of anilines is 1. The Balaban J connectivity index is 1.48. The molecule has 0 bridgehead atoms. The van der Waals surface area contributed by atoms with E-state index in [0.29, 0.717) is 23.7 Å². The normalized spacial score (nSPS) is 13.8. The molecule has 1 N–H and O–H groups in total. The Hall–Kier alpha value is -2.87. The SMILES string of the molecule is COc1ccccc1CNC(=O)CCn1c(N2CCCC2)nc2ccsc2c1=O. The smallest absolute Gasteiger partial charge is 0.272 e. The van der Waals surface area contributed by atoms with Gasteiger partial charge in [-0.25, -0.2) is 4.98 Å². The van der Waals surface area contributed by atoms with E-state index >= 15 is 0 Å². The van der Waals surface area contributed by atoms with Crippen molar-refractivity contribution in [2.45, 2.75) is 32.4 Å². The predicted octanol–water partition coefficient (Wildman–Crippen LogP) is 2.77. The molecule has 1 aromatic carbocycles. The van der Waals surface area contributed by atoms with Crippen molar-refractivity contribution < 1.29 is 9.53 Å². The zero-order chi connectivity index (χ0) is 20.2. The number of rotatable bonds is 7. The number of hydrogen-bond donors (Lipinski definition) is 1. The number of benzene rings is 1. The summed E-state index contributed by atoms with van der Waals surface area (Å²) in [5.74, 6) is 1.31. The van der Waals surface area contributed by atoms with Crippen molar-refractivity contribution in [3.8, 4) is 5.75 Å². The third-order valence-electron chi connectivity index (χ3n) is 5.17. The maximum absolute atomic E-state index is 13.0. The highest BCUT2D eigenvalue weighted by Crippen LogP contribution is 2.22. The lowest BCUT2D eigenvalue weighted by molar-refractivity contribution is -0.121. The Morgan fingerprint density at radius 1 is 1.24 bits per heavy atom. The van der Waals surface area contributed by atoms with Gasteiger partial charge >= 0.3 is 0 Å². The first-order chi connectivity index (χ1) is 14.2. The highest BCUT2D eigenvalue weighted by Gasteiger charge is 2.21. The van der Waals surface area contributed by atoms with Crippen LogP contribution in [0.1, 0.15) is 24.8 Å². The molecule has 0 atom stereocenters. The second-order valence-corrected chi connectivity index (χ2v) is 7.95. The molecular weight excluding hydrogens is 388 g/mol. The Labute approximate surface area is 172 Å². The summed E-state index contributed by atoms with van der Waals surface area (Å²) in [4.78, 5) is 32.3. The second-order valence-electron chi connectivity index (χ2n) is 7.04. The third kappa shape index (κ3) is 4.12. The number of carbonyl (C=O) groups is 1. The van der Waals surface area contributed by atoms with Gasteiger partial charge in [0.25, 0.3) is 5.56 Å². The first-order valence-corrected chi connectivity index (χ1v) is 10.7. The summed E-state index contributed by atoms with van der Waals surface area (Å²) < 4.78 is 7.62. The van der Waals surface area contributed by atoms with Gasteiger partial charge in [-0.15, -0.1) is 11.3 Å². The zero-order valence-electron chi connectivity index (χ0n) is 16.4. The van der Waals surface area contributed by atoms with E-state index in [1.165, 1.54) is 11.3 Å². The molecule has 0 radical (unpaired) electrons. The monoisotopic (exact) mass is 412 g/mol. The Morgan fingerprint density at radius 3 is 2.83 bits per heavy atom. The number of methoxy groups -OCH3 is 1. The molecule has 0 aliphatic carbocycles. The van der Waals surface area contributed by atoms with Gasteiger partial charge in [-0.3, -0.25) is 14.2 Å². The average Bonchev–Trinajstić information content (AvgIpc) is 3.43. The van der Waals surface area contributed by atoms with Gasteiger partial charge < -0.3 is 15.0 Å². The maximum Gasteiger partial charge on any atom is 0.272 e. The number of ether oxygens (including phenoxy) is 1. The van der Waals surface area contributed by atoms with Crippen LogP contribution in [0.15, 0.2) is 40.5 Å². The minimum absolute atomic E-state index is 0.0653. The molecule has 7 nitrogen and oxygen atoms in total. The fourth-order valence-electron chi connectivity index (χ4n) is 3.64. The van der Waals surface area contributed by atoms with E-state index < -0.39 is 0 Å². The minimum Gasteiger partial charge on any atom is -0.496 e. The molecule has 3 heterocycles. The number of hydrogen-bond acceptors (Lipinski definition) is 6. The molecule has 1 aliphatic rings. The maximum atomic E-state index is 13.0. The summed E-state index contributed by atoms with van der Waals surface area (Å²) >= 11 is 1.40. The van der Waals surface area contributed by atoms with Gasteiger partial charge in [0.2, 0.25) is 11.9 Å². The standard InChI is InChI=1S/C21H24N4O3S/c1-28-17-7-3-2-6-15(17)14-22-18(26)8-12-25-20(27)19-16(9-13-29-19)23-21(25)24-10-4-5-11-24/h2-3,6-7,9,13H,4-5,8,10-12,14H2,1H3,(H,22,26). The van der Waals surface area contributed by atoms with Crippen LogP contribution in [0.4, 0.5) is 5.95 Å². The lowest BCUT2D eigenvalue weighted by Gasteiger charge is -2.21. The fourth-order valence-corrected chi connectivity index (χ4v) is 4.42. The Morgan fingerprint density at radius 2 is 2.03 bits per heavy atom. The fraction of sp³-hybridized carbons (Fsp3) is 0.381. The van der Waals surface area contributed by atoms with E-state index in [2.05, 4.69) is 10.2 Å². The summed E-state index contributed by atoms with van der Waals surface area (Å²) in [7, 11) is 1.61. The first-order valence-electron chi connectivity index (χ1n) is 9.79. The number of thiophene rings is 1. The minimum atomic E-state index is -0.110. The van der Waals surface area contributed by atoms with Gasteiger partial charge in [0.05, 0.1) is 12.6 Å². The number of nitrogens with zero attached hydrogens (tertiary/aromatic N) is 3. The molecule has 4 rings (SSSR count). The highest BCUT2D eigenvalue weighted by atomic mass is 32.1. The van der Waals surface area contributed by atoms with Crippen LogP contribution in [0, 0.1) is 0 Å². The van der Waals surface area contributed by atoms with Gasteiger partial charge in [-0.2, -0.15) is 0 Å². The van der Waals surface area contributed by atoms with Gasteiger partial charge in [0.15, 0.2) is 0 Å². The van der Waals surface area contributed by atoms with Crippen LogP contribution in [0.2, 0.25) is 0 Å². The number of fused-ring (bicyclic) bond motifs is 1. The van der Waals surface area contributed by atoms with Crippen molar-refractivity contribution in [1.82, 2.24) is 14.9 Å². The van der Waals surface area contributed by atoms with E-state index in [0.717, 1.165) is 42.8 Å². The van der Waals surface area contributed by atoms with Gasteiger partial charge in [0.1, 0.15) is 10.4 Å². The zero-order valence-corrected chi connectivity index (χ0v) is 17.2.